The molecule has 1 aliphatic carbocycles. The molecule has 0 bridgehead atoms. The van der Waals surface area contributed by atoms with Crippen LogP contribution in [0.3, 0.4) is 0 Å². The third-order valence-corrected chi connectivity index (χ3v) is 18.5. The summed E-state index contributed by atoms with van der Waals surface area (Å²) >= 11 is 3.51. The summed E-state index contributed by atoms with van der Waals surface area (Å²) in [6.45, 7) is 8.37. The standard InChI is InChI=1S/C36H23N.C30H27BO2.C13H9Br.H4P2/c1-2-12-29-27(10-1)28-11-3-4-13-30(28)34-21-25(16-18-31(29)34)23-8-7-9-24(20-23)26-17-19-33-32-14-5-6-15-35(32)37-36(33)22-26;1-29(2)30(3,4)33-31(32-29)22-11-9-10-20(18-22)21-16-17-27-25-14-6-5-12-23(25)24-13-7-8-15-26(24)28(27)19-21;14-11-5-6-13-10(8-11)7-9-3-1-2-4-12(9)13;1-2/h1-22,37H;5-19H,1-4H3;1-6,8H,7H2;1-2H2. The maximum Gasteiger partial charge on any atom is 0.494 e. The van der Waals surface area contributed by atoms with Crippen molar-refractivity contribution in [2.75, 3.05) is 0 Å². The van der Waals surface area contributed by atoms with Gasteiger partial charge < -0.3 is 14.3 Å². The van der Waals surface area contributed by atoms with Gasteiger partial charge >= 0.3 is 7.12 Å². The Balaban J connectivity index is 0.000000122. The van der Waals surface area contributed by atoms with Gasteiger partial charge in [0.1, 0.15) is 0 Å². The number of hydrogen-bond donors (Lipinski definition) is 1. The third-order valence-electron chi connectivity index (χ3n) is 18.0. The highest BCUT2D eigenvalue weighted by Crippen LogP contribution is 2.42. The van der Waals surface area contributed by atoms with Gasteiger partial charge in [-0.1, -0.05) is 240 Å². The molecule has 2 heterocycles. The second-order valence-electron chi connectivity index (χ2n) is 23.6. The first-order valence-electron chi connectivity index (χ1n) is 29.5. The molecule has 7 heteroatoms. The fraction of sp³-hybridized carbons (Fsp3) is 0.0886. The summed E-state index contributed by atoms with van der Waals surface area (Å²) in [7, 11) is 4.31. The predicted octanol–water partition coefficient (Wildman–Crippen LogP) is 21.9. The van der Waals surface area contributed by atoms with Crippen LogP contribution in [-0.2, 0) is 15.7 Å². The van der Waals surface area contributed by atoms with Crippen LogP contribution in [0.25, 0.3) is 131 Å². The largest absolute Gasteiger partial charge is 0.494 e. The molecule has 17 rings (SSSR count). The lowest BCUT2D eigenvalue weighted by atomic mass is 9.78. The molecular weight excluding hydrogens is 1150 g/mol. The zero-order chi connectivity index (χ0) is 58.7. The molecule has 14 aromatic carbocycles. The smallest absolute Gasteiger partial charge is 0.399 e. The maximum atomic E-state index is 6.29. The molecule has 1 fully saturated rings. The molecule has 1 saturated heterocycles. The van der Waals surface area contributed by atoms with Gasteiger partial charge in [-0.05, 0) is 202 Å². The van der Waals surface area contributed by atoms with Crippen molar-refractivity contribution in [2.45, 2.75) is 45.3 Å². The average molecular weight is 1210 g/mol. The van der Waals surface area contributed by atoms with Crippen molar-refractivity contribution in [3.63, 3.8) is 0 Å². The molecule has 0 radical (unpaired) electrons. The quantitative estimate of drug-likeness (QED) is 0.108. The van der Waals surface area contributed by atoms with E-state index in [1.807, 2.05) is 0 Å². The highest BCUT2D eigenvalue weighted by atomic mass is 79.9. The molecule has 2 aliphatic rings. The molecule has 15 aromatic rings. The van der Waals surface area contributed by atoms with Crippen LogP contribution in [0.5, 0.6) is 0 Å². The first-order chi connectivity index (χ1) is 42.0. The number of rotatable bonds is 4. The van der Waals surface area contributed by atoms with E-state index < -0.39 is 0 Å². The molecule has 1 aromatic heterocycles. The number of fused-ring (bicyclic) bond motifs is 18. The van der Waals surface area contributed by atoms with E-state index in [9.17, 15) is 0 Å². The monoisotopic (exact) mass is 1210 g/mol. The fourth-order valence-electron chi connectivity index (χ4n) is 13.0. The van der Waals surface area contributed by atoms with Crippen molar-refractivity contribution in [3.8, 4) is 44.5 Å². The van der Waals surface area contributed by atoms with Crippen LogP contribution in [0.2, 0.25) is 0 Å². The van der Waals surface area contributed by atoms with Crippen LogP contribution < -0.4 is 5.46 Å². The number of aromatic nitrogens is 1. The van der Waals surface area contributed by atoms with Gasteiger partial charge in [0.05, 0.1) is 11.2 Å². The molecule has 3 nitrogen and oxygen atoms in total. The van der Waals surface area contributed by atoms with Gasteiger partial charge in [0.2, 0.25) is 0 Å². The van der Waals surface area contributed by atoms with Crippen molar-refractivity contribution >= 4 is 133 Å². The van der Waals surface area contributed by atoms with Gasteiger partial charge in [-0.15, -0.1) is 17.9 Å². The molecule has 1 N–H and O–H groups in total. The molecule has 416 valence electrons. The van der Waals surface area contributed by atoms with E-state index in [2.05, 4.69) is 333 Å². The Morgan fingerprint density at radius 2 is 0.709 bits per heavy atom. The number of aromatic amines is 1. The number of benzene rings is 14. The van der Waals surface area contributed by atoms with Gasteiger partial charge in [-0.25, -0.2) is 0 Å². The Labute approximate surface area is 516 Å². The van der Waals surface area contributed by atoms with Crippen LogP contribution in [0, 0.1) is 0 Å². The predicted molar refractivity (Wildman–Crippen MR) is 381 cm³/mol. The van der Waals surface area contributed by atoms with Crippen molar-refractivity contribution in [1.29, 1.82) is 0 Å². The Morgan fingerprint density at radius 1 is 0.326 bits per heavy atom. The summed E-state index contributed by atoms with van der Waals surface area (Å²) in [5, 5.41) is 18.1. The Kier molecular flexibility index (Phi) is 14.8. The summed E-state index contributed by atoms with van der Waals surface area (Å²) in [5.74, 6) is 0. The zero-order valence-corrected chi connectivity index (χ0v) is 52.4. The minimum absolute atomic E-state index is 0.351. The van der Waals surface area contributed by atoms with E-state index in [0.717, 1.165) is 11.9 Å². The van der Waals surface area contributed by atoms with Gasteiger partial charge in [0.25, 0.3) is 0 Å². The van der Waals surface area contributed by atoms with Crippen molar-refractivity contribution in [2.24, 2.45) is 0 Å². The van der Waals surface area contributed by atoms with Crippen molar-refractivity contribution in [3.05, 3.63) is 283 Å². The second kappa shape index (κ2) is 22.9. The van der Waals surface area contributed by atoms with Gasteiger partial charge in [-0.3, -0.25) is 0 Å². The Hall–Kier alpha value is -8.24. The van der Waals surface area contributed by atoms with Gasteiger partial charge in [-0.2, -0.15) is 0 Å². The molecule has 1 aliphatic heterocycles. The lowest BCUT2D eigenvalue weighted by Crippen LogP contribution is -2.41. The highest BCUT2D eigenvalue weighted by molar-refractivity contribution is 9.10. The van der Waals surface area contributed by atoms with E-state index in [-0.39, 0.29) is 18.3 Å². The highest BCUT2D eigenvalue weighted by Gasteiger charge is 2.51. The Morgan fingerprint density at radius 3 is 1.24 bits per heavy atom. The van der Waals surface area contributed by atoms with Crippen LogP contribution >= 0.6 is 33.8 Å². The lowest BCUT2D eigenvalue weighted by Gasteiger charge is -2.32. The Bertz CT molecular complexity index is 5040. The van der Waals surface area contributed by atoms with E-state index >= 15 is 0 Å². The summed E-state index contributed by atoms with van der Waals surface area (Å²) in [5.41, 5.74) is 15.6. The van der Waals surface area contributed by atoms with Crippen molar-refractivity contribution < 1.29 is 9.31 Å². The zero-order valence-electron chi connectivity index (χ0n) is 48.5. The minimum Gasteiger partial charge on any atom is -0.399 e. The summed E-state index contributed by atoms with van der Waals surface area (Å²) < 4.78 is 13.8. The normalized spacial score (nSPS) is 13.8. The summed E-state index contributed by atoms with van der Waals surface area (Å²) in [4.78, 5) is 3.59. The van der Waals surface area contributed by atoms with E-state index in [1.165, 1.54) is 147 Å². The number of H-pyrrole nitrogens is 1. The average Bonchev–Trinajstić information content (AvgIpc) is 1.36. The molecule has 2 atom stereocenters. The van der Waals surface area contributed by atoms with Gasteiger partial charge in [0, 0.05) is 26.3 Å². The van der Waals surface area contributed by atoms with Crippen molar-refractivity contribution in [1.82, 2.24) is 4.98 Å². The van der Waals surface area contributed by atoms with Crippen LogP contribution in [0.1, 0.15) is 38.8 Å². The van der Waals surface area contributed by atoms with Crippen LogP contribution in [0.4, 0.5) is 0 Å². The number of para-hydroxylation sites is 1. The molecular formula is C79H63BBrNO2P2. The third kappa shape index (κ3) is 10.1. The first kappa shape index (κ1) is 55.6. The van der Waals surface area contributed by atoms with E-state index in [4.69, 9.17) is 9.31 Å². The minimum atomic E-state index is -0.361. The lowest BCUT2D eigenvalue weighted by molar-refractivity contribution is 0.00578. The number of nitrogens with one attached hydrogen (secondary N) is 1. The van der Waals surface area contributed by atoms with Crippen LogP contribution in [0.15, 0.2) is 271 Å². The summed E-state index contributed by atoms with van der Waals surface area (Å²) in [6, 6.07) is 96.5. The molecule has 0 spiro atoms. The number of halogens is 1. The fourth-order valence-corrected chi connectivity index (χ4v) is 13.5. The molecule has 0 amide bonds. The molecule has 2 unspecified atom stereocenters. The SMILES string of the molecule is Brc1ccc2c(c1)Cc1ccccc1-2.CC1(C)OB(c2cccc(-c3ccc4c5ccccc5c5ccccc5c4c3)c2)OC1(C)C.PP.c1cc(-c2ccc3c(c2)[nH]c2ccccc23)cc(-c2ccc3c4ccccc4c4ccccc4c3c2)c1. The molecule has 86 heavy (non-hydrogen) atoms. The van der Waals surface area contributed by atoms with Crippen LogP contribution in [-0.4, -0.2) is 23.3 Å². The topological polar surface area (TPSA) is 34.2 Å². The first-order valence-corrected chi connectivity index (χ1v) is 32.9. The van der Waals surface area contributed by atoms with Gasteiger partial charge in [0.15, 0.2) is 0 Å². The summed E-state index contributed by atoms with van der Waals surface area (Å²) in [6.07, 6.45) is 1.07. The maximum absolute atomic E-state index is 6.29. The van der Waals surface area contributed by atoms with E-state index in [1.54, 1.807) is 0 Å². The second-order valence-corrected chi connectivity index (χ2v) is 24.5. The molecule has 0 saturated carbocycles. The van der Waals surface area contributed by atoms with E-state index in [0.29, 0.717) is 0 Å². The number of hydrogen-bond acceptors (Lipinski definition) is 2.